The van der Waals surface area contributed by atoms with Crippen molar-refractivity contribution in [2.45, 2.75) is 53.4 Å². The zero-order chi connectivity index (χ0) is 21.5. The highest BCUT2D eigenvalue weighted by Crippen LogP contribution is 2.33. The maximum absolute atomic E-state index is 12.3. The van der Waals surface area contributed by atoms with Gasteiger partial charge in [-0.05, 0) is 64.5 Å². The summed E-state index contributed by atoms with van der Waals surface area (Å²) >= 11 is 0. The van der Waals surface area contributed by atoms with E-state index >= 15 is 0 Å². The summed E-state index contributed by atoms with van der Waals surface area (Å²) in [5, 5.41) is 0. The van der Waals surface area contributed by atoms with Gasteiger partial charge in [0, 0.05) is 0 Å². The molecular weight excluding hydrogens is 352 g/mol. The first-order valence-electron chi connectivity index (χ1n) is 9.39. The van der Waals surface area contributed by atoms with Crippen LogP contribution in [0.2, 0.25) is 0 Å². The monoisotopic (exact) mass is 382 g/mol. The van der Waals surface area contributed by atoms with Gasteiger partial charge in [0.05, 0.1) is 10.8 Å². The van der Waals surface area contributed by atoms with Gasteiger partial charge in [0.1, 0.15) is 23.1 Å². The van der Waals surface area contributed by atoms with E-state index in [9.17, 15) is 19.2 Å². The first kappa shape index (κ1) is 23.4. The molecule has 4 heteroatoms. The molecule has 1 aromatic carbocycles. The second kappa shape index (κ2) is 9.54. The van der Waals surface area contributed by atoms with E-state index in [0.717, 1.165) is 11.1 Å². The van der Waals surface area contributed by atoms with Crippen LogP contribution >= 0.6 is 0 Å². The van der Waals surface area contributed by atoms with Crippen LogP contribution in [0.1, 0.15) is 51.7 Å². The fourth-order valence-corrected chi connectivity index (χ4v) is 3.75. The highest BCUT2D eigenvalue weighted by molar-refractivity contribution is 6.06. The van der Waals surface area contributed by atoms with Crippen LogP contribution in [0.4, 0.5) is 0 Å². The number of hydrogen-bond acceptors (Lipinski definition) is 4. The Morgan fingerprint density at radius 3 is 1.32 bits per heavy atom. The molecule has 150 valence electrons. The third-order valence-corrected chi connectivity index (χ3v) is 5.68. The zero-order valence-corrected chi connectivity index (χ0v) is 17.3. The summed E-state index contributed by atoms with van der Waals surface area (Å²) in [6, 6.07) is 7.39. The number of ketones is 4. The maximum Gasteiger partial charge on any atom is 0.143 e. The topological polar surface area (TPSA) is 68.3 Å². The highest BCUT2D eigenvalue weighted by Gasteiger charge is 2.41. The SMILES string of the molecule is C=CCC(Cc1cccc(CC(CC=C)(C(C)=O)C(C)=O)c1)(C(C)=O)C(C)=O. The van der Waals surface area contributed by atoms with Crippen LogP contribution in [0.3, 0.4) is 0 Å². The summed E-state index contributed by atoms with van der Waals surface area (Å²) in [7, 11) is 0. The van der Waals surface area contributed by atoms with Crippen molar-refractivity contribution >= 4 is 23.1 Å². The summed E-state index contributed by atoms with van der Waals surface area (Å²) < 4.78 is 0. The Hall–Kier alpha value is -2.62. The molecule has 0 saturated carbocycles. The van der Waals surface area contributed by atoms with Gasteiger partial charge in [-0.3, -0.25) is 19.2 Å². The van der Waals surface area contributed by atoms with E-state index < -0.39 is 10.8 Å². The Morgan fingerprint density at radius 2 is 1.07 bits per heavy atom. The van der Waals surface area contributed by atoms with Crippen molar-refractivity contribution in [3.05, 3.63) is 60.7 Å². The molecule has 28 heavy (non-hydrogen) atoms. The molecule has 0 bridgehead atoms. The van der Waals surface area contributed by atoms with Crippen LogP contribution in [0, 0.1) is 10.8 Å². The van der Waals surface area contributed by atoms with Crippen LogP contribution in [-0.4, -0.2) is 23.1 Å². The van der Waals surface area contributed by atoms with Crippen molar-refractivity contribution < 1.29 is 19.2 Å². The van der Waals surface area contributed by atoms with Crippen LogP contribution < -0.4 is 0 Å². The van der Waals surface area contributed by atoms with Crippen LogP contribution in [0.15, 0.2) is 49.6 Å². The standard InChI is InChI=1S/C24H30O4/c1-7-12-23(17(3)25,18(4)26)15-21-10-9-11-22(14-21)16-24(13-8-2,19(5)27)20(6)28/h7-11,14H,1-2,12-13,15-16H2,3-6H3. The van der Waals surface area contributed by atoms with Gasteiger partial charge in [-0.1, -0.05) is 36.4 Å². The van der Waals surface area contributed by atoms with E-state index in [-0.39, 0.29) is 48.8 Å². The number of allylic oxidation sites excluding steroid dienone is 2. The lowest BCUT2D eigenvalue weighted by Gasteiger charge is -2.29. The van der Waals surface area contributed by atoms with E-state index in [2.05, 4.69) is 13.2 Å². The first-order valence-corrected chi connectivity index (χ1v) is 9.39. The van der Waals surface area contributed by atoms with E-state index in [0.29, 0.717) is 0 Å². The number of carbonyl (C=O) groups excluding carboxylic acids is 4. The summed E-state index contributed by atoms with van der Waals surface area (Å²) in [4.78, 5) is 49.2. The summed E-state index contributed by atoms with van der Waals surface area (Å²) in [6.07, 6.45) is 4.23. The maximum atomic E-state index is 12.3. The van der Waals surface area contributed by atoms with Crippen molar-refractivity contribution in [3.8, 4) is 0 Å². The normalized spacial score (nSPS) is 11.6. The minimum atomic E-state index is -1.14. The van der Waals surface area contributed by atoms with E-state index in [1.54, 1.807) is 12.2 Å². The molecule has 0 unspecified atom stereocenters. The van der Waals surface area contributed by atoms with Crippen molar-refractivity contribution in [1.82, 2.24) is 0 Å². The fraction of sp³-hybridized carbons (Fsp3) is 0.417. The Morgan fingerprint density at radius 1 is 0.750 bits per heavy atom. The van der Waals surface area contributed by atoms with E-state index in [4.69, 9.17) is 0 Å². The van der Waals surface area contributed by atoms with Gasteiger partial charge < -0.3 is 0 Å². The lowest BCUT2D eigenvalue weighted by Crippen LogP contribution is -2.39. The number of benzene rings is 1. The van der Waals surface area contributed by atoms with Crippen LogP contribution in [0.5, 0.6) is 0 Å². The molecule has 0 heterocycles. The molecule has 0 N–H and O–H groups in total. The average molecular weight is 383 g/mol. The van der Waals surface area contributed by atoms with Crippen LogP contribution in [-0.2, 0) is 32.0 Å². The van der Waals surface area contributed by atoms with Gasteiger partial charge in [-0.15, -0.1) is 13.2 Å². The summed E-state index contributed by atoms with van der Waals surface area (Å²) in [5.41, 5.74) is -0.659. The van der Waals surface area contributed by atoms with E-state index in [1.807, 2.05) is 24.3 Å². The summed E-state index contributed by atoms with van der Waals surface area (Å²) in [5.74, 6) is -0.782. The molecule has 0 aliphatic carbocycles. The number of Topliss-reactive ketones (excluding diaryl/α,β-unsaturated/α-hetero) is 4. The van der Waals surface area contributed by atoms with Gasteiger partial charge >= 0.3 is 0 Å². The molecular formula is C24H30O4. The molecule has 0 fully saturated rings. The van der Waals surface area contributed by atoms with Gasteiger partial charge in [-0.2, -0.15) is 0 Å². The lowest BCUT2D eigenvalue weighted by molar-refractivity contribution is -0.139. The molecule has 0 spiro atoms. The molecule has 1 aromatic rings. The molecule has 4 nitrogen and oxygen atoms in total. The number of rotatable bonds is 12. The second-order valence-corrected chi connectivity index (χ2v) is 7.55. The Labute approximate surface area is 167 Å². The predicted molar refractivity (Wildman–Crippen MR) is 111 cm³/mol. The van der Waals surface area contributed by atoms with Crippen LogP contribution in [0.25, 0.3) is 0 Å². The first-order chi connectivity index (χ1) is 13.1. The third-order valence-electron chi connectivity index (χ3n) is 5.68. The Kier molecular flexibility index (Phi) is 7.98. The van der Waals surface area contributed by atoms with Crippen molar-refractivity contribution in [2.75, 3.05) is 0 Å². The minimum Gasteiger partial charge on any atom is -0.299 e. The Bertz CT molecular complexity index is 709. The van der Waals surface area contributed by atoms with Crippen molar-refractivity contribution in [1.29, 1.82) is 0 Å². The highest BCUT2D eigenvalue weighted by atomic mass is 16.2. The molecule has 0 aliphatic rings. The van der Waals surface area contributed by atoms with Gasteiger partial charge in [0.2, 0.25) is 0 Å². The summed E-state index contributed by atoms with van der Waals surface area (Å²) in [6.45, 7) is 13.1. The smallest absolute Gasteiger partial charge is 0.143 e. The Balaban J connectivity index is 3.34. The molecule has 0 amide bonds. The van der Waals surface area contributed by atoms with Gasteiger partial charge in [0.15, 0.2) is 0 Å². The molecule has 0 aliphatic heterocycles. The second-order valence-electron chi connectivity index (χ2n) is 7.55. The predicted octanol–water partition coefficient (Wildman–Crippen LogP) is 4.25. The molecule has 0 atom stereocenters. The third kappa shape index (κ3) is 4.80. The van der Waals surface area contributed by atoms with Gasteiger partial charge in [-0.25, -0.2) is 0 Å². The lowest BCUT2D eigenvalue weighted by atomic mass is 9.71. The molecule has 1 rings (SSSR count). The molecule has 0 saturated heterocycles. The zero-order valence-electron chi connectivity index (χ0n) is 17.3. The largest absolute Gasteiger partial charge is 0.299 e. The quantitative estimate of drug-likeness (QED) is 0.400. The molecule has 0 radical (unpaired) electrons. The minimum absolute atomic E-state index is 0.196. The van der Waals surface area contributed by atoms with Crippen molar-refractivity contribution in [2.24, 2.45) is 10.8 Å². The van der Waals surface area contributed by atoms with E-state index in [1.165, 1.54) is 27.7 Å². The fourth-order valence-electron chi connectivity index (χ4n) is 3.75. The van der Waals surface area contributed by atoms with Crippen molar-refractivity contribution in [3.63, 3.8) is 0 Å². The number of carbonyl (C=O) groups is 4. The molecule has 0 aromatic heterocycles. The van der Waals surface area contributed by atoms with Gasteiger partial charge in [0.25, 0.3) is 0 Å². The number of hydrogen-bond donors (Lipinski definition) is 0. The average Bonchev–Trinajstić information content (AvgIpc) is 2.60.